The van der Waals surface area contributed by atoms with Gasteiger partial charge in [0, 0.05) is 23.6 Å². The van der Waals surface area contributed by atoms with Gasteiger partial charge < -0.3 is 15.3 Å². The second-order valence-corrected chi connectivity index (χ2v) is 9.54. The van der Waals surface area contributed by atoms with Gasteiger partial charge >= 0.3 is 5.69 Å². The number of nitrogens with zero attached hydrogens (tertiary/aromatic N) is 4. The molecule has 3 aromatic heterocycles. The highest BCUT2D eigenvalue weighted by Gasteiger charge is 2.22. The number of amides is 1. The number of imidazole rings is 1. The molecule has 0 radical (unpaired) electrons. The normalized spacial score (nSPS) is 12.1. The number of thioether (sulfide) groups is 1. The standard InChI is InChI=1S/C25H23N7O2S/c1-14-4-6-19(12-15(14)2)32-22(17-8-10-26-11-9-17)30-31-25(32)35-16(3)23(33)27-18-5-7-20-21(13-18)29-24(34)28-20/h4-13,16H,1-3H3,(H,27,33)(H2,28,29,34). The Hall–Kier alpha value is -4.18. The van der Waals surface area contributed by atoms with Crippen molar-refractivity contribution in [3.8, 4) is 17.1 Å². The Morgan fingerprint density at radius 2 is 1.74 bits per heavy atom. The molecule has 2 aromatic carbocycles. The summed E-state index contributed by atoms with van der Waals surface area (Å²) in [6, 6.07) is 15.2. The van der Waals surface area contributed by atoms with Gasteiger partial charge in [-0.25, -0.2) is 4.79 Å². The number of hydrogen-bond acceptors (Lipinski definition) is 6. The van der Waals surface area contributed by atoms with Crippen molar-refractivity contribution in [1.82, 2.24) is 29.7 Å². The van der Waals surface area contributed by atoms with Crippen LogP contribution in [-0.2, 0) is 4.79 Å². The Morgan fingerprint density at radius 3 is 2.51 bits per heavy atom. The summed E-state index contributed by atoms with van der Waals surface area (Å²) in [6.07, 6.45) is 3.43. The molecule has 1 unspecified atom stereocenters. The molecule has 0 saturated carbocycles. The number of fused-ring (bicyclic) bond motifs is 1. The van der Waals surface area contributed by atoms with Crippen LogP contribution >= 0.6 is 11.8 Å². The van der Waals surface area contributed by atoms with Crippen LogP contribution in [0.4, 0.5) is 5.69 Å². The van der Waals surface area contributed by atoms with Gasteiger partial charge in [-0.3, -0.25) is 14.3 Å². The zero-order valence-corrected chi connectivity index (χ0v) is 20.2. The number of anilines is 1. The van der Waals surface area contributed by atoms with E-state index in [1.54, 1.807) is 30.6 Å². The first kappa shape index (κ1) is 22.6. The molecule has 176 valence electrons. The summed E-state index contributed by atoms with van der Waals surface area (Å²) in [5.41, 5.74) is 5.75. The molecular weight excluding hydrogens is 462 g/mol. The minimum atomic E-state index is -0.462. The molecule has 0 fully saturated rings. The number of aromatic amines is 2. The van der Waals surface area contributed by atoms with Crippen LogP contribution in [0.5, 0.6) is 0 Å². The summed E-state index contributed by atoms with van der Waals surface area (Å²) in [5.74, 6) is 0.486. The van der Waals surface area contributed by atoms with Crippen molar-refractivity contribution >= 4 is 34.4 Å². The lowest BCUT2D eigenvalue weighted by Gasteiger charge is -2.15. The van der Waals surface area contributed by atoms with Crippen molar-refractivity contribution in [1.29, 1.82) is 0 Å². The molecule has 3 heterocycles. The van der Waals surface area contributed by atoms with Crippen molar-refractivity contribution in [2.75, 3.05) is 5.32 Å². The molecule has 0 bridgehead atoms. The summed E-state index contributed by atoms with van der Waals surface area (Å²) >= 11 is 1.32. The number of carbonyl (C=O) groups excluding carboxylic acids is 1. The Balaban J connectivity index is 1.44. The lowest BCUT2D eigenvalue weighted by molar-refractivity contribution is -0.115. The number of H-pyrrole nitrogens is 2. The van der Waals surface area contributed by atoms with Gasteiger partial charge in [0.2, 0.25) is 5.91 Å². The minimum absolute atomic E-state index is 0.188. The van der Waals surface area contributed by atoms with Gasteiger partial charge in [-0.2, -0.15) is 0 Å². The van der Waals surface area contributed by atoms with Gasteiger partial charge in [0.1, 0.15) is 0 Å². The summed E-state index contributed by atoms with van der Waals surface area (Å²) in [5, 5.41) is 11.9. The van der Waals surface area contributed by atoms with E-state index in [0.717, 1.165) is 16.8 Å². The lowest BCUT2D eigenvalue weighted by atomic mass is 10.1. The summed E-state index contributed by atoms with van der Waals surface area (Å²) in [7, 11) is 0. The van der Waals surface area contributed by atoms with Gasteiger partial charge in [-0.1, -0.05) is 17.8 Å². The third kappa shape index (κ3) is 4.60. The first-order valence-electron chi connectivity index (χ1n) is 11.0. The highest BCUT2D eigenvalue weighted by molar-refractivity contribution is 8.00. The highest BCUT2D eigenvalue weighted by Crippen LogP contribution is 2.31. The maximum absolute atomic E-state index is 13.0. The van der Waals surface area contributed by atoms with E-state index < -0.39 is 5.25 Å². The van der Waals surface area contributed by atoms with Gasteiger partial charge in [-0.05, 0) is 74.4 Å². The zero-order chi connectivity index (χ0) is 24.5. The van der Waals surface area contributed by atoms with Crippen LogP contribution in [0.25, 0.3) is 28.1 Å². The van der Waals surface area contributed by atoms with Crippen LogP contribution in [-0.4, -0.2) is 40.9 Å². The van der Waals surface area contributed by atoms with E-state index in [9.17, 15) is 9.59 Å². The number of aromatic nitrogens is 6. The number of hydrogen-bond donors (Lipinski definition) is 3. The van der Waals surface area contributed by atoms with Gasteiger partial charge in [-0.15, -0.1) is 10.2 Å². The molecule has 0 aliphatic rings. The first-order chi connectivity index (χ1) is 16.9. The number of nitrogens with one attached hydrogen (secondary N) is 3. The second kappa shape index (κ2) is 9.22. The molecule has 1 amide bonds. The monoisotopic (exact) mass is 485 g/mol. The number of benzene rings is 2. The maximum Gasteiger partial charge on any atom is 0.323 e. The Labute approximate surface area is 205 Å². The van der Waals surface area contributed by atoms with E-state index in [1.165, 1.54) is 17.3 Å². The fourth-order valence-corrected chi connectivity index (χ4v) is 4.56. The van der Waals surface area contributed by atoms with Crippen molar-refractivity contribution in [3.63, 3.8) is 0 Å². The zero-order valence-electron chi connectivity index (χ0n) is 19.4. The molecular formula is C25H23N7O2S. The molecule has 5 aromatic rings. The van der Waals surface area contributed by atoms with Crippen LogP contribution in [0.2, 0.25) is 0 Å². The van der Waals surface area contributed by atoms with E-state index >= 15 is 0 Å². The van der Waals surface area contributed by atoms with Crippen molar-refractivity contribution in [2.24, 2.45) is 0 Å². The highest BCUT2D eigenvalue weighted by atomic mass is 32.2. The molecule has 0 spiro atoms. The SMILES string of the molecule is Cc1ccc(-n2c(SC(C)C(=O)Nc3ccc4[nH]c(=O)[nH]c4c3)nnc2-c2ccncc2)cc1C. The van der Waals surface area contributed by atoms with E-state index in [4.69, 9.17) is 0 Å². The van der Waals surface area contributed by atoms with E-state index in [1.807, 2.05) is 29.7 Å². The Bertz CT molecular complexity index is 1590. The Morgan fingerprint density at radius 1 is 0.971 bits per heavy atom. The molecule has 35 heavy (non-hydrogen) atoms. The average Bonchev–Trinajstić information content (AvgIpc) is 3.43. The molecule has 10 heteroatoms. The number of pyridine rings is 1. The van der Waals surface area contributed by atoms with E-state index in [0.29, 0.717) is 27.7 Å². The largest absolute Gasteiger partial charge is 0.325 e. The third-order valence-corrected chi connectivity index (χ3v) is 6.80. The molecule has 0 aliphatic carbocycles. The summed E-state index contributed by atoms with van der Waals surface area (Å²) in [4.78, 5) is 34.0. The fourth-order valence-electron chi connectivity index (χ4n) is 3.70. The van der Waals surface area contributed by atoms with Crippen LogP contribution in [0, 0.1) is 13.8 Å². The van der Waals surface area contributed by atoms with Crippen LogP contribution in [0.15, 0.2) is 70.9 Å². The molecule has 1 atom stereocenters. The maximum atomic E-state index is 13.0. The van der Waals surface area contributed by atoms with Crippen molar-refractivity contribution in [2.45, 2.75) is 31.2 Å². The molecule has 0 aliphatic heterocycles. The third-order valence-electron chi connectivity index (χ3n) is 5.76. The van der Waals surface area contributed by atoms with Crippen molar-refractivity contribution < 1.29 is 4.79 Å². The summed E-state index contributed by atoms with van der Waals surface area (Å²) < 4.78 is 1.97. The lowest BCUT2D eigenvalue weighted by Crippen LogP contribution is -2.22. The fraction of sp³-hybridized carbons (Fsp3) is 0.160. The van der Waals surface area contributed by atoms with Gasteiger partial charge in [0.15, 0.2) is 11.0 Å². The van der Waals surface area contributed by atoms with Crippen molar-refractivity contribution in [3.05, 3.63) is 82.5 Å². The average molecular weight is 486 g/mol. The van der Waals surface area contributed by atoms with Gasteiger partial charge in [0.25, 0.3) is 0 Å². The molecule has 5 rings (SSSR count). The molecule has 3 N–H and O–H groups in total. The second-order valence-electron chi connectivity index (χ2n) is 8.23. The molecule has 9 nitrogen and oxygen atoms in total. The molecule has 0 saturated heterocycles. The van der Waals surface area contributed by atoms with Crippen LogP contribution in [0.1, 0.15) is 18.1 Å². The summed E-state index contributed by atoms with van der Waals surface area (Å²) in [6.45, 7) is 5.95. The predicted octanol–water partition coefficient (Wildman–Crippen LogP) is 4.24. The minimum Gasteiger partial charge on any atom is -0.325 e. The number of aryl methyl sites for hydroxylation is 2. The van der Waals surface area contributed by atoms with Crippen LogP contribution < -0.4 is 11.0 Å². The number of rotatable bonds is 6. The number of carbonyl (C=O) groups is 1. The predicted molar refractivity (Wildman–Crippen MR) is 137 cm³/mol. The Kier molecular flexibility index (Phi) is 5.96. The van der Waals surface area contributed by atoms with Gasteiger partial charge in [0.05, 0.1) is 22.0 Å². The van der Waals surface area contributed by atoms with E-state index in [-0.39, 0.29) is 11.6 Å². The van der Waals surface area contributed by atoms with E-state index in [2.05, 4.69) is 56.4 Å². The smallest absolute Gasteiger partial charge is 0.323 e. The first-order valence-corrected chi connectivity index (χ1v) is 11.9. The van der Waals surface area contributed by atoms with Crippen LogP contribution in [0.3, 0.4) is 0 Å². The topological polar surface area (TPSA) is 121 Å². The quantitative estimate of drug-likeness (QED) is 0.309.